The fraction of sp³-hybridized carbons (Fsp3) is 0.278. The van der Waals surface area contributed by atoms with Gasteiger partial charge >= 0.3 is 0 Å². The van der Waals surface area contributed by atoms with Crippen molar-refractivity contribution in [1.82, 2.24) is 9.62 Å². The van der Waals surface area contributed by atoms with Crippen LogP contribution in [-0.4, -0.2) is 38.5 Å². The average Bonchev–Trinajstić information content (AvgIpc) is 2.62. The van der Waals surface area contributed by atoms with Gasteiger partial charge in [-0.05, 0) is 29.3 Å². The summed E-state index contributed by atoms with van der Waals surface area (Å²) in [5, 5.41) is 3.90. The van der Waals surface area contributed by atoms with Gasteiger partial charge in [0, 0.05) is 36.4 Å². The van der Waals surface area contributed by atoms with Gasteiger partial charge in [0.15, 0.2) is 0 Å². The molecular formula is C18H20Cl2N2O3S2. The topological polar surface area (TPSA) is 66.5 Å². The van der Waals surface area contributed by atoms with Gasteiger partial charge in [0.1, 0.15) is 0 Å². The van der Waals surface area contributed by atoms with Crippen LogP contribution in [0.3, 0.4) is 0 Å². The second-order valence-corrected chi connectivity index (χ2v) is 9.85. The molecule has 1 amide bonds. The van der Waals surface area contributed by atoms with Gasteiger partial charge < -0.3 is 5.32 Å². The van der Waals surface area contributed by atoms with E-state index in [9.17, 15) is 13.2 Å². The molecule has 146 valence electrons. The van der Waals surface area contributed by atoms with Crippen LogP contribution in [0.15, 0.2) is 47.4 Å². The molecule has 1 N–H and O–H groups in total. The smallest absolute Gasteiger partial charge is 0.242 e. The minimum absolute atomic E-state index is 0.143. The number of halogens is 2. The fourth-order valence-electron chi connectivity index (χ4n) is 2.24. The van der Waals surface area contributed by atoms with E-state index in [0.29, 0.717) is 21.4 Å². The van der Waals surface area contributed by atoms with E-state index < -0.39 is 10.0 Å². The predicted molar refractivity (Wildman–Crippen MR) is 112 cm³/mol. The Morgan fingerprint density at radius 1 is 1.11 bits per heavy atom. The first kappa shape index (κ1) is 22.0. The number of carbonyl (C=O) groups excluding carboxylic acids is 1. The molecule has 0 bridgehead atoms. The molecule has 0 fully saturated rings. The molecule has 0 aliphatic heterocycles. The fourth-order valence-corrected chi connectivity index (χ4v) is 4.77. The van der Waals surface area contributed by atoms with Crippen LogP contribution < -0.4 is 5.32 Å². The number of carbonyl (C=O) groups is 1. The van der Waals surface area contributed by atoms with Gasteiger partial charge in [-0.2, -0.15) is 0 Å². The second-order valence-electron chi connectivity index (χ2n) is 5.90. The van der Waals surface area contributed by atoms with Gasteiger partial charge in [-0.15, -0.1) is 11.8 Å². The van der Waals surface area contributed by atoms with Gasteiger partial charge in [-0.3, -0.25) is 4.79 Å². The van der Waals surface area contributed by atoms with Gasteiger partial charge in [-0.1, -0.05) is 47.5 Å². The van der Waals surface area contributed by atoms with E-state index in [-0.39, 0.29) is 23.1 Å². The number of rotatable bonds is 8. The summed E-state index contributed by atoms with van der Waals surface area (Å²) in [4.78, 5) is 12.3. The highest BCUT2D eigenvalue weighted by Crippen LogP contribution is 2.24. The molecule has 2 aromatic rings. The van der Waals surface area contributed by atoms with Crippen molar-refractivity contribution >= 4 is 50.9 Å². The lowest BCUT2D eigenvalue weighted by atomic mass is 10.2. The first-order chi connectivity index (χ1) is 12.7. The number of amides is 1. The summed E-state index contributed by atoms with van der Waals surface area (Å²) in [7, 11) is -0.614. The van der Waals surface area contributed by atoms with Crippen molar-refractivity contribution in [3.8, 4) is 0 Å². The number of benzene rings is 2. The molecule has 0 heterocycles. The largest absolute Gasteiger partial charge is 0.351 e. The Balaban J connectivity index is 1.91. The molecule has 2 aromatic carbocycles. The van der Waals surface area contributed by atoms with Gasteiger partial charge in [0.05, 0.1) is 10.6 Å². The van der Waals surface area contributed by atoms with E-state index in [4.69, 9.17) is 23.2 Å². The molecule has 0 saturated carbocycles. The Morgan fingerprint density at radius 3 is 2.48 bits per heavy atom. The maximum atomic E-state index is 12.4. The lowest BCUT2D eigenvalue weighted by Crippen LogP contribution is -2.28. The van der Waals surface area contributed by atoms with Crippen molar-refractivity contribution < 1.29 is 13.2 Å². The van der Waals surface area contributed by atoms with Crippen LogP contribution in [0, 0.1) is 0 Å². The van der Waals surface area contributed by atoms with Crippen LogP contribution in [0.5, 0.6) is 0 Å². The zero-order chi connectivity index (χ0) is 20.0. The zero-order valence-electron chi connectivity index (χ0n) is 14.9. The van der Waals surface area contributed by atoms with Gasteiger partial charge in [0.25, 0.3) is 0 Å². The highest BCUT2D eigenvalue weighted by Gasteiger charge is 2.20. The van der Waals surface area contributed by atoms with Crippen molar-refractivity contribution in [2.45, 2.75) is 17.2 Å². The first-order valence-electron chi connectivity index (χ1n) is 8.00. The number of thioether (sulfide) groups is 1. The molecule has 27 heavy (non-hydrogen) atoms. The van der Waals surface area contributed by atoms with Gasteiger partial charge in [0.2, 0.25) is 15.9 Å². The molecule has 2 rings (SSSR count). The molecule has 0 aliphatic rings. The highest BCUT2D eigenvalue weighted by atomic mass is 35.5. The number of nitrogens with one attached hydrogen (secondary N) is 1. The van der Waals surface area contributed by atoms with E-state index >= 15 is 0 Å². The molecule has 0 unspecified atom stereocenters. The Kier molecular flexibility index (Phi) is 8.00. The number of nitrogens with zero attached hydrogens (tertiary/aromatic N) is 1. The van der Waals surface area contributed by atoms with E-state index in [1.54, 1.807) is 30.3 Å². The van der Waals surface area contributed by atoms with E-state index in [0.717, 1.165) is 9.87 Å². The summed E-state index contributed by atoms with van der Waals surface area (Å²) in [6.07, 6.45) is 0. The van der Waals surface area contributed by atoms with Crippen molar-refractivity contribution in [1.29, 1.82) is 0 Å². The van der Waals surface area contributed by atoms with Crippen molar-refractivity contribution in [3.63, 3.8) is 0 Å². The Morgan fingerprint density at radius 2 is 1.81 bits per heavy atom. The first-order valence-corrected chi connectivity index (χ1v) is 11.4. The quantitative estimate of drug-likeness (QED) is 0.669. The SMILES string of the molecule is CN(C)S(=O)(=O)c1ccccc1CNC(=O)CSCc1ccc(Cl)cc1Cl. The second kappa shape index (κ2) is 9.80. The Labute approximate surface area is 174 Å². The number of sulfonamides is 1. The van der Waals surface area contributed by atoms with E-state index in [2.05, 4.69) is 5.32 Å². The van der Waals surface area contributed by atoms with Crippen LogP contribution in [0.2, 0.25) is 10.0 Å². The lowest BCUT2D eigenvalue weighted by Gasteiger charge is -2.15. The third-order valence-electron chi connectivity index (χ3n) is 3.71. The monoisotopic (exact) mass is 446 g/mol. The summed E-state index contributed by atoms with van der Waals surface area (Å²) in [5.74, 6) is 0.637. The summed E-state index contributed by atoms with van der Waals surface area (Å²) >= 11 is 13.4. The summed E-state index contributed by atoms with van der Waals surface area (Å²) in [6.45, 7) is 0.143. The molecule has 0 aliphatic carbocycles. The zero-order valence-corrected chi connectivity index (χ0v) is 18.1. The summed E-state index contributed by atoms with van der Waals surface area (Å²) in [6, 6.07) is 11.9. The standard InChI is InChI=1S/C18H20Cl2N2O3S2/c1-22(2)27(24,25)17-6-4-3-5-13(17)10-21-18(23)12-26-11-14-7-8-15(19)9-16(14)20/h3-9H,10-12H2,1-2H3,(H,21,23). The minimum Gasteiger partial charge on any atom is -0.351 e. The molecule has 0 atom stereocenters. The van der Waals surface area contributed by atoms with Crippen LogP contribution >= 0.6 is 35.0 Å². The van der Waals surface area contributed by atoms with Crippen LogP contribution in [0.25, 0.3) is 0 Å². The molecule has 5 nitrogen and oxygen atoms in total. The van der Waals surface area contributed by atoms with Crippen LogP contribution in [0.4, 0.5) is 0 Å². The summed E-state index contributed by atoms with van der Waals surface area (Å²) in [5.41, 5.74) is 1.45. The van der Waals surface area contributed by atoms with Crippen LogP contribution in [0.1, 0.15) is 11.1 Å². The van der Waals surface area contributed by atoms with Crippen LogP contribution in [-0.2, 0) is 27.1 Å². The molecule has 0 aromatic heterocycles. The van der Waals surface area contributed by atoms with Gasteiger partial charge in [-0.25, -0.2) is 12.7 Å². The van der Waals surface area contributed by atoms with E-state index in [1.165, 1.54) is 31.9 Å². The lowest BCUT2D eigenvalue weighted by molar-refractivity contribution is -0.118. The average molecular weight is 447 g/mol. The normalized spacial score (nSPS) is 11.6. The molecule has 0 radical (unpaired) electrons. The molecule has 9 heteroatoms. The molecule has 0 saturated heterocycles. The highest BCUT2D eigenvalue weighted by molar-refractivity contribution is 7.99. The van der Waals surface area contributed by atoms with Crippen molar-refractivity contribution in [2.24, 2.45) is 0 Å². The number of hydrogen-bond acceptors (Lipinski definition) is 4. The molecular weight excluding hydrogens is 427 g/mol. The van der Waals surface area contributed by atoms with E-state index in [1.807, 2.05) is 6.07 Å². The Hall–Kier alpha value is -1.25. The molecule has 0 spiro atoms. The third-order valence-corrected chi connectivity index (χ3v) is 7.20. The maximum Gasteiger partial charge on any atom is 0.242 e. The van der Waals surface area contributed by atoms with Crippen molar-refractivity contribution in [2.75, 3.05) is 19.8 Å². The summed E-state index contributed by atoms with van der Waals surface area (Å²) < 4.78 is 25.9. The number of hydrogen-bond donors (Lipinski definition) is 1. The predicted octanol–water partition coefficient (Wildman–Crippen LogP) is 3.79. The minimum atomic E-state index is -3.57. The third kappa shape index (κ3) is 6.12. The van der Waals surface area contributed by atoms with Crippen molar-refractivity contribution in [3.05, 3.63) is 63.6 Å². The maximum absolute atomic E-state index is 12.4. The Bertz CT molecular complexity index is 919.